The number of hydrogen-bond acceptors (Lipinski definition) is 4. The van der Waals surface area contributed by atoms with Crippen LogP contribution >= 0.6 is 0 Å². The zero-order valence-corrected chi connectivity index (χ0v) is 34.1. The maximum absolute atomic E-state index is 6.44. The van der Waals surface area contributed by atoms with Crippen molar-refractivity contribution in [3.63, 3.8) is 0 Å². The first-order chi connectivity index (χ1) is 31.2. The van der Waals surface area contributed by atoms with Crippen molar-refractivity contribution in [1.29, 1.82) is 0 Å². The molecular formula is C59H37N3O. The Hall–Kier alpha value is -8.47. The summed E-state index contributed by atoms with van der Waals surface area (Å²) < 4.78 is 6.44. The van der Waals surface area contributed by atoms with Crippen molar-refractivity contribution >= 4 is 43.5 Å². The molecule has 0 spiro atoms. The Kier molecular flexibility index (Phi) is 8.79. The Bertz CT molecular complexity index is 3680. The highest BCUT2D eigenvalue weighted by atomic mass is 16.3. The summed E-state index contributed by atoms with van der Waals surface area (Å²) in [4.78, 5) is 15.8. The molecule has 0 aliphatic rings. The van der Waals surface area contributed by atoms with Crippen molar-refractivity contribution in [2.24, 2.45) is 0 Å². The van der Waals surface area contributed by atoms with Crippen LogP contribution in [0.1, 0.15) is 0 Å². The van der Waals surface area contributed by atoms with Crippen LogP contribution in [-0.2, 0) is 0 Å². The predicted octanol–water partition coefficient (Wildman–Crippen LogP) is 15.7. The number of benzene rings is 10. The molecule has 0 aliphatic heterocycles. The average molecular weight is 804 g/mol. The molecule has 0 N–H and O–H groups in total. The Morgan fingerprint density at radius 2 is 0.762 bits per heavy atom. The standard InChI is InChI=1S/C59H37N3O/c1-2-12-38(13-3-1)46-30-32-52-54-36-48(31-33-55(54)63-56(52)37-46)58-60-57(61-59(62-58)53-22-9-8-21-51(53)50-23-11-17-42-15-6-7-20-49(42)50)47-19-10-18-44(35-47)40-24-26-41(27-25-40)45-29-28-39-14-4-5-16-43(39)34-45/h1-37H. The number of fused-ring (bicyclic) bond motifs is 5. The summed E-state index contributed by atoms with van der Waals surface area (Å²) in [5, 5.41) is 6.88. The summed E-state index contributed by atoms with van der Waals surface area (Å²) in [6, 6.07) is 78.9. The minimum absolute atomic E-state index is 0.588. The lowest BCUT2D eigenvalue weighted by molar-refractivity contribution is 0.669. The molecule has 294 valence electrons. The molecule has 63 heavy (non-hydrogen) atoms. The Morgan fingerprint density at radius 1 is 0.238 bits per heavy atom. The second-order valence-corrected chi connectivity index (χ2v) is 16.0. The molecule has 2 heterocycles. The van der Waals surface area contributed by atoms with Gasteiger partial charge in [-0.1, -0.05) is 182 Å². The van der Waals surface area contributed by atoms with Crippen LogP contribution in [-0.4, -0.2) is 15.0 Å². The molecule has 4 nitrogen and oxygen atoms in total. The number of hydrogen-bond donors (Lipinski definition) is 0. The van der Waals surface area contributed by atoms with Gasteiger partial charge >= 0.3 is 0 Å². The van der Waals surface area contributed by atoms with Crippen molar-refractivity contribution in [3.8, 4) is 78.7 Å². The van der Waals surface area contributed by atoms with Gasteiger partial charge in [-0.25, -0.2) is 15.0 Å². The van der Waals surface area contributed by atoms with E-state index in [0.717, 1.165) is 72.0 Å². The van der Waals surface area contributed by atoms with Gasteiger partial charge in [-0.3, -0.25) is 0 Å². The van der Waals surface area contributed by atoms with E-state index in [-0.39, 0.29) is 0 Å². The van der Waals surface area contributed by atoms with Crippen LogP contribution in [0.25, 0.3) is 122 Å². The molecular weight excluding hydrogens is 767 g/mol. The van der Waals surface area contributed by atoms with Gasteiger partial charge in [0.05, 0.1) is 0 Å². The highest BCUT2D eigenvalue weighted by Crippen LogP contribution is 2.39. The summed E-state index contributed by atoms with van der Waals surface area (Å²) in [5.74, 6) is 1.79. The largest absolute Gasteiger partial charge is 0.456 e. The van der Waals surface area contributed by atoms with Gasteiger partial charge in [0.15, 0.2) is 17.5 Å². The topological polar surface area (TPSA) is 51.8 Å². The van der Waals surface area contributed by atoms with Crippen molar-refractivity contribution in [2.45, 2.75) is 0 Å². The maximum atomic E-state index is 6.44. The fourth-order valence-electron chi connectivity index (χ4n) is 8.92. The first kappa shape index (κ1) is 36.4. The molecule has 4 heteroatoms. The third-order valence-electron chi connectivity index (χ3n) is 12.1. The number of furan rings is 1. The predicted molar refractivity (Wildman–Crippen MR) is 260 cm³/mol. The monoisotopic (exact) mass is 803 g/mol. The Morgan fingerprint density at radius 3 is 1.59 bits per heavy atom. The zero-order valence-electron chi connectivity index (χ0n) is 34.1. The lowest BCUT2D eigenvalue weighted by Gasteiger charge is -2.14. The van der Waals surface area contributed by atoms with Crippen molar-refractivity contribution < 1.29 is 4.42 Å². The smallest absolute Gasteiger partial charge is 0.164 e. The van der Waals surface area contributed by atoms with E-state index in [9.17, 15) is 0 Å². The van der Waals surface area contributed by atoms with Gasteiger partial charge in [0.25, 0.3) is 0 Å². The van der Waals surface area contributed by atoms with Crippen molar-refractivity contribution in [2.75, 3.05) is 0 Å². The van der Waals surface area contributed by atoms with Crippen LogP contribution in [0.2, 0.25) is 0 Å². The second kappa shape index (κ2) is 15.2. The molecule has 10 aromatic carbocycles. The van der Waals surface area contributed by atoms with Crippen LogP contribution in [0.4, 0.5) is 0 Å². The summed E-state index contributed by atoms with van der Waals surface area (Å²) in [6.45, 7) is 0. The number of aromatic nitrogens is 3. The Balaban J connectivity index is 0.983. The quantitative estimate of drug-likeness (QED) is 0.161. The maximum Gasteiger partial charge on any atom is 0.164 e. The van der Waals surface area contributed by atoms with E-state index in [0.29, 0.717) is 17.5 Å². The zero-order chi connectivity index (χ0) is 41.7. The van der Waals surface area contributed by atoms with Gasteiger partial charge in [-0.15, -0.1) is 0 Å². The molecule has 12 aromatic rings. The summed E-state index contributed by atoms with van der Waals surface area (Å²) in [5.41, 5.74) is 13.4. The molecule has 0 unspecified atom stereocenters. The van der Waals surface area contributed by atoms with E-state index in [1.54, 1.807) is 0 Å². The fraction of sp³-hybridized carbons (Fsp3) is 0. The van der Waals surface area contributed by atoms with Crippen molar-refractivity contribution in [1.82, 2.24) is 15.0 Å². The van der Waals surface area contributed by atoms with Crippen LogP contribution in [0, 0.1) is 0 Å². The van der Waals surface area contributed by atoms with E-state index >= 15 is 0 Å². The van der Waals surface area contributed by atoms with Crippen LogP contribution in [0.15, 0.2) is 229 Å². The summed E-state index contributed by atoms with van der Waals surface area (Å²) >= 11 is 0. The third kappa shape index (κ3) is 6.71. The minimum atomic E-state index is 0.588. The normalized spacial score (nSPS) is 11.5. The lowest BCUT2D eigenvalue weighted by atomic mass is 9.94. The van der Waals surface area contributed by atoms with Gasteiger partial charge in [0.1, 0.15) is 11.2 Å². The second-order valence-electron chi connectivity index (χ2n) is 16.0. The van der Waals surface area contributed by atoms with E-state index in [2.05, 4.69) is 212 Å². The SMILES string of the molecule is c1ccc(-c2ccc3c(c2)oc2ccc(-c4nc(-c5cccc(-c6ccc(-c7ccc8ccccc8c7)cc6)c5)nc(-c5ccccc5-c5cccc6ccccc56)n4)cc23)cc1. The van der Waals surface area contributed by atoms with Gasteiger partial charge in [0, 0.05) is 27.5 Å². The van der Waals surface area contributed by atoms with E-state index in [1.165, 1.54) is 32.7 Å². The molecule has 12 rings (SSSR count). The highest BCUT2D eigenvalue weighted by molar-refractivity contribution is 6.07. The molecule has 0 bridgehead atoms. The van der Waals surface area contributed by atoms with Gasteiger partial charge in [-0.2, -0.15) is 0 Å². The first-order valence-electron chi connectivity index (χ1n) is 21.2. The molecule has 0 amide bonds. The third-order valence-corrected chi connectivity index (χ3v) is 12.1. The number of nitrogens with zero attached hydrogens (tertiary/aromatic N) is 3. The van der Waals surface area contributed by atoms with Gasteiger partial charge < -0.3 is 4.42 Å². The van der Waals surface area contributed by atoms with E-state index in [1.807, 2.05) is 12.1 Å². The molecule has 0 saturated heterocycles. The molecule has 2 aromatic heterocycles. The molecule has 0 fully saturated rings. The van der Waals surface area contributed by atoms with Crippen LogP contribution in [0.5, 0.6) is 0 Å². The highest BCUT2D eigenvalue weighted by Gasteiger charge is 2.19. The minimum Gasteiger partial charge on any atom is -0.456 e. The molecule has 0 saturated carbocycles. The molecule has 0 atom stereocenters. The average Bonchev–Trinajstić information content (AvgIpc) is 3.73. The van der Waals surface area contributed by atoms with E-state index in [4.69, 9.17) is 19.4 Å². The van der Waals surface area contributed by atoms with E-state index < -0.39 is 0 Å². The Labute approximate surface area is 364 Å². The lowest BCUT2D eigenvalue weighted by Crippen LogP contribution is -2.01. The number of rotatable bonds is 7. The first-order valence-corrected chi connectivity index (χ1v) is 21.2. The van der Waals surface area contributed by atoms with Gasteiger partial charge in [0.2, 0.25) is 0 Å². The molecule has 0 aliphatic carbocycles. The van der Waals surface area contributed by atoms with Crippen LogP contribution < -0.4 is 0 Å². The molecule has 0 radical (unpaired) electrons. The fourth-order valence-corrected chi connectivity index (χ4v) is 8.92. The summed E-state index contributed by atoms with van der Waals surface area (Å²) in [6.07, 6.45) is 0. The van der Waals surface area contributed by atoms with Gasteiger partial charge in [-0.05, 0) is 109 Å². The summed E-state index contributed by atoms with van der Waals surface area (Å²) in [7, 11) is 0. The van der Waals surface area contributed by atoms with Crippen molar-refractivity contribution in [3.05, 3.63) is 224 Å². The van der Waals surface area contributed by atoms with Crippen LogP contribution in [0.3, 0.4) is 0 Å².